The van der Waals surface area contributed by atoms with Crippen molar-refractivity contribution in [3.8, 4) is 16.9 Å². The van der Waals surface area contributed by atoms with Crippen LogP contribution in [0.15, 0.2) is 48.5 Å². The topological polar surface area (TPSA) is 106 Å². The quantitative estimate of drug-likeness (QED) is 0.456. The van der Waals surface area contributed by atoms with E-state index in [1.807, 2.05) is 0 Å². The molecular formula is C24H23NO6. The molecular weight excluding hydrogens is 398 g/mol. The number of nitrogens with one attached hydrogen (secondary N) is 1. The van der Waals surface area contributed by atoms with Crippen LogP contribution in [0.4, 0.5) is 0 Å². The number of methoxy groups -OCH3 is 1. The Bertz CT molecular complexity index is 1130. The van der Waals surface area contributed by atoms with E-state index >= 15 is 0 Å². The van der Waals surface area contributed by atoms with Crippen molar-refractivity contribution in [3.63, 3.8) is 0 Å². The summed E-state index contributed by atoms with van der Waals surface area (Å²) in [6, 6.07) is 13.5. The number of esters is 2. The molecule has 3 rings (SSSR count). The molecule has 0 aliphatic carbocycles. The van der Waals surface area contributed by atoms with Gasteiger partial charge in [-0.2, -0.15) is 0 Å². The number of aromatic amines is 1. The molecule has 31 heavy (non-hydrogen) atoms. The molecule has 0 saturated heterocycles. The highest BCUT2D eigenvalue weighted by atomic mass is 16.5. The average Bonchev–Trinajstić information content (AvgIpc) is 3.07. The Kier molecular flexibility index (Phi) is 6.25. The lowest BCUT2D eigenvalue weighted by Gasteiger charge is -2.12. The van der Waals surface area contributed by atoms with E-state index in [9.17, 15) is 19.5 Å². The Morgan fingerprint density at radius 1 is 0.903 bits per heavy atom. The van der Waals surface area contributed by atoms with Crippen LogP contribution in [0.25, 0.3) is 11.1 Å². The van der Waals surface area contributed by atoms with Gasteiger partial charge in [0.15, 0.2) is 6.10 Å². The van der Waals surface area contributed by atoms with Crippen LogP contribution >= 0.6 is 0 Å². The molecule has 7 nitrogen and oxygen atoms in total. The number of H-pyrrole nitrogens is 1. The SMILES string of the molecule is COC(=O)c1c(C)[nH]c(C(=O)[C@H](C)OC(=O)c2ccc(-c3ccc(O)cc3)cc2)c1C. The van der Waals surface area contributed by atoms with Gasteiger partial charge >= 0.3 is 11.9 Å². The number of ketones is 1. The summed E-state index contributed by atoms with van der Waals surface area (Å²) in [4.78, 5) is 40.1. The van der Waals surface area contributed by atoms with E-state index < -0.39 is 23.8 Å². The number of aromatic nitrogens is 1. The standard InChI is InChI=1S/C24H23NO6/c1-13-20(24(29)30-4)14(2)25-21(13)22(27)15(3)31-23(28)18-7-5-16(6-8-18)17-9-11-19(26)12-10-17/h5-12,15,25-26H,1-4H3/t15-/m0/s1. The number of phenolic OH excluding ortho intramolecular Hbond substituents is 1. The normalized spacial score (nSPS) is 11.6. The van der Waals surface area contributed by atoms with E-state index in [1.165, 1.54) is 14.0 Å². The summed E-state index contributed by atoms with van der Waals surface area (Å²) in [5, 5.41) is 9.39. The van der Waals surface area contributed by atoms with Crippen molar-refractivity contribution in [1.29, 1.82) is 0 Å². The fourth-order valence-corrected chi connectivity index (χ4v) is 3.34. The number of Topliss-reactive ketones (excluding diaryl/α,β-unsaturated/α-hetero) is 1. The molecule has 160 valence electrons. The first-order chi connectivity index (χ1) is 14.7. The van der Waals surface area contributed by atoms with Gasteiger partial charge in [0.2, 0.25) is 5.78 Å². The summed E-state index contributed by atoms with van der Waals surface area (Å²) in [5.41, 5.74) is 3.53. The zero-order valence-corrected chi connectivity index (χ0v) is 17.7. The molecule has 0 amide bonds. The molecule has 0 aliphatic rings. The molecule has 0 spiro atoms. The largest absolute Gasteiger partial charge is 0.508 e. The molecule has 1 aromatic heterocycles. The summed E-state index contributed by atoms with van der Waals surface area (Å²) in [5.74, 6) is -1.44. The van der Waals surface area contributed by atoms with Gasteiger partial charge in [-0.05, 0) is 61.7 Å². The number of hydrogen-bond donors (Lipinski definition) is 2. The van der Waals surface area contributed by atoms with E-state index in [0.29, 0.717) is 22.4 Å². The first-order valence-corrected chi connectivity index (χ1v) is 9.65. The highest BCUT2D eigenvalue weighted by molar-refractivity contribution is 6.04. The van der Waals surface area contributed by atoms with Gasteiger partial charge in [-0.3, -0.25) is 4.79 Å². The minimum atomic E-state index is -1.05. The van der Waals surface area contributed by atoms with Gasteiger partial charge in [0.05, 0.1) is 23.9 Å². The Hall–Kier alpha value is -3.87. The lowest BCUT2D eigenvalue weighted by molar-refractivity contribution is 0.0316. The third kappa shape index (κ3) is 4.50. The third-order valence-corrected chi connectivity index (χ3v) is 5.05. The van der Waals surface area contributed by atoms with Crippen LogP contribution in [-0.4, -0.2) is 41.0 Å². The molecule has 1 heterocycles. The molecule has 2 aromatic carbocycles. The van der Waals surface area contributed by atoms with Crippen molar-refractivity contribution < 1.29 is 29.0 Å². The molecule has 0 radical (unpaired) electrons. The fraction of sp³-hybridized carbons (Fsp3) is 0.208. The maximum absolute atomic E-state index is 12.8. The predicted octanol–water partition coefficient (Wildman–Crippen LogP) is 4.22. The van der Waals surface area contributed by atoms with Crippen LogP contribution in [0, 0.1) is 13.8 Å². The number of hydrogen-bond acceptors (Lipinski definition) is 6. The van der Waals surface area contributed by atoms with Gasteiger partial charge in [-0.15, -0.1) is 0 Å². The first-order valence-electron chi connectivity index (χ1n) is 9.65. The van der Waals surface area contributed by atoms with Gasteiger partial charge in [0.1, 0.15) is 5.75 Å². The summed E-state index contributed by atoms with van der Waals surface area (Å²) in [6.07, 6.45) is -1.05. The molecule has 0 unspecified atom stereocenters. The number of aryl methyl sites for hydroxylation is 1. The predicted molar refractivity (Wildman–Crippen MR) is 114 cm³/mol. The fourth-order valence-electron chi connectivity index (χ4n) is 3.34. The summed E-state index contributed by atoms with van der Waals surface area (Å²) in [7, 11) is 1.27. The number of aromatic hydroxyl groups is 1. The lowest BCUT2D eigenvalue weighted by atomic mass is 10.0. The molecule has 0 fully saturated rings. The Morgan fingerprint density at radius 2 is 1.45 bits per heavy atom. The maximum atomic E-state index is 12.8. The van der Waals surface area contributed by atoms with Crippen molar-refractivity contribution in [2.45, 2.75) is 26.9 Å². The van der Waals surface area contributed by atoms with Crippen molar-refractivity contribution in [2.24, 2.45) is 0 Å². The molecule has 1 atom stereocenters. The maximum Gasteiger partial charge on any atom is 0.339 e. The number of ether oxygens (including phenoxy) is 2. The minimum absolute atomic E-state index is 0.175. The third-order valence-electron chi connectivity index (χ3n) is 5.05. The van der Waals surface area contributed by atoms with Crippen molar-refractivity contribution in [1.82, 2.24) is 4.98 Å². The second kappa shape index (κ2) is 8.87. The Morgan fingerprint density at radius 3 is 2.00 bits per heavy atom. The number of phenols is 1. The lowest BCUT2D eigenvalue weighted by Crippen LogP contribution is -2.25. The van der Waals surface area contributed by atoms with Gasteiger partial charge in [-0.1, -0.05) is 24.3 Å². The van der Waals surface area contributed by atoms with Crippen LogP contribution in [0.1, 0.15) is 49.4 Å². The second-order valence-corrected chi connectivity index (χ2v) is 7.15. The van der Waals surface area contributed by atoms with Crippen molar-refractivity contribution in [2.75, 3.05) is 7.11 Å². The smallest absolute Gasteiger partial charge is 0.339 e. The molecule has 0 saturated carbocycles. The molecule has 3 aromatic rings. The highest BCUT2D eigenvalue weighted by Gasteiger charge is 2.27. The van der Waals surface area contributed by atoms with Crippen molar-refractivity contribution >= 4 is 17.7 Å². The van der Waals surface area contributed by atoms with E-state index in [4.69, 9.17) is 9.47 Å². The van der Waals surface area contributed by atoms with E-state index in [0.717, 1.165) is 11.1 Å². The zero-order valence-electron chi connectivity index (χ0n) is 17.7. The van der Waals surface area contributed by atoms with Crippen LogP contribution < -0.4 is 0 Å². The monoisotopic (exact) mass is 421 g/mol. The van der Waals surface area contributed by atoms with E-state index in [1.54, 1.807) is 62.4 Å². The zero-order chi connectivity index (χ0) is 22.7. The van der Waals surface area contributed by atoms with E-state index in [2.05, 4.69) is 4.98 Å². The number of carbonyl (C=O) groups is 3. The van der Waals surface area contributed by atoms with Crippen LogP contribution in [0.3, 0.4) is 0 Å². The van der Waals surface area contributed by atoms with Gasteiger partial charge in [0, 0.05) is 5.69 Å². The molecule has 2 N–H and O–H groups in total. The number of rotatable bonds is 6. The average molecular weight is 421 g/mol. The van der Waals surface area contributed by atoms with Gasteiger partial charge in [0.25, 0.3) is 0 Å². The second-order valence-electron chi connectivity index (χ2n) is 7.15. The molecule has 0 bridgehead atoms. The summed E-state index contributed by atoms with van der Waals surface area (Å²) < 4.78 is 10.1. The summed E-state index contributed by atoms with van der Waals surface area (Å²) in [6.45, 7) is 4.79. The number of carbonyl (C=O) groups excluding carboxylic acids is 3. The van der Waals surface area contributed by atoms with Crippen molar-refractivity contribution in [3.05, 3.63) is 76.6 Å². The number of benzene rings is 2. The Labute approximate surface area is 179 Å². The molecule has 7 heteroatoms. The first kappa shape index (κ1) is 21.8. The van der Waals surface area contributed by atoms with E-state index in [-0.39, 0.29) is 11.4 Å². The summed E-state index contributed by atoms with van der Waals surface area (Å²) >= 11 is 0. The molecule has 0 aliphatic heterocycles. The van der Waals surface area contributed by atoms with Crippen LogP contribution in [0.5, 0.6) is 5.75 Å². The minimum Gasteiger partial charge on any atom is -0.508 e. The van der Waals surface area contributed by atoms with Gasteiger partial charge in [-0.25, -0.2) is 9.59 Å². The Balaban J connectivity index is 1.72. The highest BCUT2D eigenvalue weighted by Crippen LogP contribution is 2.23. The van der Waals surface area contributed by atoms with Crippen LogP contribution in [0.2, 0.25) is 0 Å². The van der Waals surface area contributed by atoms with Crippen LogP contribution in [-0.2, 0) is 9.47 Å². The van der Waals surface area contributed by atoms with Gasteiger partial charge < -0.3 is 19.6 Å².